The van der Waals surface area contributed by atoms with E-state index in [4.69, 9.17) is 26.6 Å². The summed E-state index contributed by atoms with van der Waals surface area (Å²) in [5, 5.41) is 0. The zero-order valence-electron chi connectivity index (χ0n) is 14.2. The first-order chi connectivity index (χ1) is 10.1. The van der Waals surface area contributed by atoms with Crippen molar-refractivity contribution in [2.45, 2.75) is 41.5 Å². The molecule has 0 saturated heterocycles. The molecule has 0 heterocycles. The molecule has 0 atom stereocenters. The second-order valence-electron chi connectivity index (χ2n) is 3.84. The van der Waals surface area contributed by atoms with E-state index < -0.39 is 17.6 Å². The van der Waals surface area contributed by atoms with Crippen molar-refractivity contribution in [3.05, 3.63) is 5.67 Å². The van der Waals surface area contributed by atoms with E-state index in [0.717, 1.165) is 0 Å². The third kappa shape index (κ3) is 7.33. The van der Waals surface area contributed by atoms with E-state index >= 15 is 0 Å². The Bertz CT molecular complexity index is 197. The molecular formula is C13H30O6Si2. The maximum absolute atomic E-state index is 5.78. The summed E-state index contributed by atoms with van der Waals surface area (Å²) in [4.78, 5) is 0. The van der Waals surface area contributed by atoms with Gasteiger partial charge in [-0.3, -0.25) is 0 Å². The maximum Gasteiger partial charge on any atom is 0.513 e. The largest absolute Gasteiger partial charge is 0.513 e. The number of hydrogen-bond acceptors (Lipinski definition) is 6. The van der Waals surface area contributed by atoms with Gasteiger partial charge >= 0.3 is 17.6 Å². The third-order valence-corrected chi connectivity index (χ3v) is 8.77. The van der Waals surface area contributed by atoms with Crippen molar-refractivity contribution in [3.63, 3.8) is 0 Å². The first-order valence-corrected chi connectivity index (χ1v) is 11.1. The zero-order chi connectivity index (χ0) is 16.2. The summed E-state index contributed by atoms with van der Waals surface area (Å²) in [7, 11) is -6.21. The van der Waals surface area contributed by atoms with Gasteiger partial charge in [-0.25, -0.2) is 0 Å². The fraction of sp³-hybridized carbons (Fsp3) is 0.923. The average molecular weight is 339 g/mol. The molecule has 0 fully saturated rings. The van der Waals surface area contributed by atoms with Crippen molar-refractivity contribution in [2.24, 2.45) is 0 Å². The Labute approximate surface area is 131 Å². The quantitative estimate of drug-likeness (QED) is 0.453. The van der Waals surface area contributed by atoms with Gasteiger partial charge in [-0.05, 0) is 41.5 Å². The summed E-state index contributed by atoms with van der Waals surface area (Å²) in [6.07, 6.45) is 0. The van der Waals surface area contributed by atoms with Gasteiger partial charge in [0, 0.05) is 39.6 Å². The molecule has 0 unspecified atom stereocenters. The molecule has 6 nitrogen and oxygen atoms in total. The normalized spacial score (nSPS) is 12.9. The molecule has 0 aliphatic carbocycles. The lowest BCUT2D eigenvalue weighted by Crippen LogP contribution is -2.60. The first-order valence-electron chi connectivity index (χ1n) is 7.70. The van der Waals surface area contributed by atoms with Crippen molar-refractivity contribution in [1.82, 2.24) is 0 Å². The fourth-order valence-electron chi connectivity index (χ4n) is 1.79. The van der Waals surface area contributed by atoms with Crippen LogP contribution in [0.3, 0.4) is 0 Å². The van der Waals surface area contributed by atoms with Crippen LogP contribution in [0.5, 0.6) is 0 Å². The molecule has 0 bridgehead atoms. The van der Waals surface area contributed by atoms with E-state index in [9.17, 15) is 0 Å². The SMILES string of the molecule is CCO[Si]([C][Si](OCC)(OCC)OCC)(OCC)OCC. The minimum atomic E-state index is -3.11. The number of hydrogen-bond donors (Lipinski definition) is 0. The minimum absolute atomic E-state index is 0.466. The summed E-state index contributed by atoms with van der Waals surface area (Å²) in [5.74, 6) is 0. The van der Waals surface area contributed by atoms with Gasteiger partial charge < -0.3 is 26.6 Å². The van der Waals surface area contributed by atoms with Crippen LogP contribution in [0.25, 0.3) is 0 Å². The fourth-order valence-corrected chi connectivity index (χ4v) is 7.81. The van der Waals surface area contributed by atoms with Crippen LogP contribution in [0.2, 0.25) is 0 Å². The molecule has 2 radical (unpaired) electrons. The van der Waals surface area contributed by atoms with E-state index in [-0.39, 0.29) is 0 Å². The van der Waals surface area contributed by atoms with E-state index in [0.29, 0.717) is 39.6 Å². The highest BCUT2D eigenvalue weighted by molar-refractivity contribution is 6.86. The lowest BCUT2D eigenvalue weighted by atomic mass is 10.9. The van der Waals surface area contributed by atoms with Crippen LogP contribution in [-0.4, -0.2) is 57.3 Å². The first kappa shape index (κ1) is 21.2. The molecule has 0 aromatic carbocycles. The molecular weight excluding hydrogens is 308 g/mol. The maximum atomic E-state index is 5.78. The molecule has 8 heteroatoms. The van der Waals surface area contributed by atoms with Crippen LogP contribution < -0.4 is 0 Å². The predicted octanol–water partition coefficient (Wildman–Crippen LogP) is 2.24. The summed E-state index contributed by atoms with van der Waals surface area (Å²) < 4.78 is 34.7. The summed E-state index contributed by atoms with van der Waals surface area (Å²) in [6, 6.07) is 0. The van der Waals surface area contributed by atoms with Crippen LogP contribution in [0.15, 0.2) is 0 Å². The Balaban J connectivity index is 5.30. The van der Waals surface area contributed by atoms with Crippen molar-refractivity contribution < 1.29 is 26.6 Å². The zero-order valence-corrected chi connectivity index (χ0v) is 16.2. The van der Waals surface area contributed by atoms with E-state index in [1.54, 1.807) is 0 Å². The molecule has 0 aromatic heterocycles. The molecule has 126 valence electrons. The standard InChI is InChI=1S/C13H30O6Si2/c1-7-14-20(15-8-2,16-9-3)13-21(17-10-4,18-11-5)19-12-6/h7-12H2,1-6H3. The molecule has 0 saturated carbocycles. The van der Waals surface area contributed by atoms with Crippen LogP contribution in [0.1, 0.15) is 41.5 Å². The second-order valence-corrected chi connectivity index (χ2v) is 8.79. The van der Waals surface area contributed by atoms with E-state index in [2.05, 4.69) is 5.67 Å². The molecule has 0 aromatic rings. The molecule has 0 spiro atoms. The van der Waals surface area contributed by atoms with Crippen LogP contribution >= 0.6 is 0 Å². The van der Waals surface area contributed by atoms with Crippen molar-refractivity contribution in [1.29, 1.82) is 0 Å². The lowest BCUT2D eigenvalue weighted by molar-refractivity contribution is 0.0586. The van der Waals surface area contributed by atoms with Crippen LogP contribution in [0, 0.1) is 5.67 Å². The highest BCUT2D eigenvalue weighted by Crippen LogP contribution is 2.24. The van der Waals surface area contributed by atoms with Gasteiger partial charge in [-0.15, -0.1) is 0 Å². The van der Waals surface area contributed by atoms with Gasteiger partial charge in [-0.1, -0.05) is 0 Å². The van der Waals surface area contributed by atoms with Gasteiger partial charge in [0.25, 0.3) is 0 Å². The van der Waals surface area contributed by atoms with Crippen molar-refractivity contribution in [3.8, 4) is 0 Å². The molecule has 0 N–H and O–H groups in total. The molecule has 0 aliphatic heterocycles. The predicted molar refractivity (Wildman–Crippen MR) is 84.5 cm³/mol. The highest BCUT2D eigenvalue weighted by Gasteiger charge is 2.57. The lowest BCUT2D eigenvalue weighted by Gasteiger charge is -2.34. The third-order valence-electron chi connectivity index (χ3n) is 2.31. The molecule has 0 rings (SSSR count). The van der Waals surface area contributed by atoms with Crippen molar-refractivity contribution >= 4 is 17.6 Å². The Morgan fingerprint density at radius 2 is 0.667 bits per heavy atom. The minimum Gasteiger partial charge on any atom is -0.373 e. The van der Waals surface area contributed by atoms with Crippen LogP contribution in [-0.2, 0) is 26.6 Å². The topological polar surface area (TPSA) is 55.4 Å². The Hall–Kier alpha value is 0.194. The molecule has 0 aliphatic rings. The van der Waals surface area contributed by atoms with Gasteiger partial charge in [0.05, 0.1) is 0 Å². The molecule has 21 heavy (non-hydrogen) atoms. The average Bonchev–Trinajstić information content (AvgIpc) is 2.40. The van der Waals surface area contributed by atoms with Gasteiger partial charge in [0.15, 0.2) is 0 Å². The summed E-state index contributed by atoms with van der Waals surface area (Å²) in [6.45, 7) is 14.2. The summed E-state index contributed by atoms with van der Waals surface area (Å²) in [5.41, 5.74) is 3.23. The van der Waals surface area contributed by atoms with Gasteiger partial charge in [-0.2, -0.15) is 0 Å². The van der Waals surface area contributed by atoms with Crippen molar-refractivity contribution in [2.75, 3.05) is 39.6 Å². The smallest absolute Gasteiger partial charge is 0.373 e. The van der Waals surface area contributed by atoms with Gasteiger partial charge in [0.2, 0.25) is 0 Å². The Kier molecular flexibility index (Phi) is 11.8. The Morgan fingerprint density at radius 1 is 0.476 bits per heavy atom. The highest BCUT2D eigenvalue weighted by atomic mass is 28.5. The second kappa shape index (κ2) is 11.7. The number of rotatable bonds is 14. The monoisotopic (exact) mass is 338 g/mol. The summed E-state index contributed by atoms with van der Waals surface area (Å²) >= 11 is 0. The molecule has 0 amide bonds. The van der Waals surface area contributed by atoms with Gasteiger partial charge in [0.1, 0.15) is 5.67 Å². The van der Waals surface area contributed by atoms with E-state index in [1.807, 2.05) is 41.5 Å². The van der Waals surface area contributed by atoms with E-state index in [1.165, 1.54) is 0 Å². The Morgan fingerprint density at radius 3 is 0.810 bits per heavy atom. The van der Waals surface area contributed by atoms with Crippen LogP contribution in [0.4, 0.5) is 0 Å².